The zero-order valence-corrected chi connectivity index (χ0v) is 10.7. The minimum atomic E-state index is -4.88. The van der Waals surface area contributed by atoms with Gasteiger partial charge in [-0.05, 0) is 37.1 Å². The number of rotatable bonds is 1. The molecule has 1 saturated heterocycles. The van der Waals surface area contributed by atoms with Crippen molar-refractivity contribution in [3.63, 3.8) is 0 Å². The Bertz CT molecular complexity index is 506. The van der Waals surface area contributed by atoms with E-state index in [1.165, 1.54) is 0 Å². The smallest absolute Gasteiger partial charge is 0.310 e. The molecule has 0 aliphatic carbocycles. The standard InChI is InChI=1S/C13H12F7N/c14-10-2-1-7(5-9(10)13(18,19)20)11-6-8(3-4-21-11)12(15,16)17/h1-2,5,8,11,21H,3-4,6H2. The molecule has 8 heteroatoms. The fourth-order valence-corrected chi connectivity index (χ4v) is 2.45. The van der Waals surface area contributed by atoms with E-state index in [2.05, 4.69) is 5.32 Å². The molecule has 0 aromatic heterocycles. The van der Waals surface area contributed by atoms with Gasteiger partial charge in [-0.25, -0.2) is 4.39 Å². The van der Waals surface area contributed by atoms with Crippen LogP contribution in [0.2, 0.25) is 0 Å². The molecular formula is C13H12F7N. The molecule has 21 heavy (non-hydrogen) atoms. The van der Waals surface area contributed by atoms with Gasteiger partial charge in [-0.1, -0.05) is 6.07 Å². The van der Waals surface area contributed by atoms with E-state index in [0.29, 0.717) is 12.1 Å². The summed E-state index contributed by atoms with van der Waals surface area (Å²) < 4.78 is 89.1. The van der Waals surface area contributed by atoms with Crippen molar-refractivity contribution >= 4 is 0 Å². The molecule has 2 rings (SSSR count). The number of nitrogens with one attached hydrogen (secondary N) is 1. The van der Waals surface area contributed by atoms with Crippen molar-refractivity contribution in [1.82, 2.24) is 5.32 Å². The first kappa shape index (κ1) is 16.1. The average molecular weight is 315 g/mol. The highest BCUT2D eigenvalue weighted by Gasteiger charge is 2.43. The van der Waals surface area contributed by atoms with Crippen LogP contribution >= 0.6 is 0 Å². The van der Waals surface area contributed by atoms with E-state index in [0.717, 1.165) is 6.07 Å². The Morgan fingerprint density at radius 1 is 1.05 bits per heavy atom. The third-order valence-corrected chi connectivity index (χ3v) is 3.56. The lowest BCUT2D eigenvalue weighted by atomic mass is 9.88. The highest BCUT2D eigenvalue weighted by atomic mass is 19.4. The van der Waals surface area contributed by atoms with Gasteiger partial charge in [0.2, 0.25) is 0 Å². The zero-order chi connectivity index (χ0) is 15.8. The lowest BCUT2D eigenvalue weighted by Gasteiger charge is -2.32. The summed E-state index contributed by atoms with van der Waals surface area (Å²) in [5, 5.41) is 2.75. The predicted octanol–water partition coefficient (Wildman–Crippen LogP) is 4.45. The fourth-order valence-electron chi connectivity index (χ4n) is 2.45. The van der Waals surface area contributed by atoms with E-state index in [1.54, 1.807) is 0 Å². The van der Waals surface area contributed by atoms with Crippen LogP contribution in [-0.4, -0.2) is 12.7 Å². The molecular weight excluding hydrogens is 303 g/mol. The third kappa shape index (κ3) is 3.66. The van der Waals surface area contributed by atoms with Crippen molar-refractivity contribution in [1.29, 1.82) is 0 Å². The summed E-state index contributed by atoms with van der Waals surface area (Å²) in [6.07, 6.45) is -9.73. The Morgan fingerprint density at radius 3 is 2.29 bits per heavy atom. The van der Waals surface area contributed by atoms with E-state index < -0.39 is 35.7 Å². The van der Waals surface area contributed by atoms with Crippen molar-refractivity contribution in [2.24, 2.45) is 5.92 Å². The summed E-state index contributed by atoms with van der Waals surface area (Å²) >= 11 is 0. The number of piperidine rings is 1. The summed E-state index contributed by atoms with van der Waals surface area (Å²) in [6, 6.07) is 1.43. The molecule has 1 aliphatic heterocycles. The van der Waals surface area contributed by atoms with Gasteiger partial charge in [-0.3, -0.25) is 0 Å². The molecule has 0 saturated carbocycles. The van der Waals surface area contributed by atoms with Gasteiger partial charge < -0.3 is 5.32 Å². The maximum Gasteiger partial charge on any atom is 0.419 e. The highest BCUT2D eigenvalue weighted by Crippen LogP contribution is 2.39. The topological polar surface area (TPSA) is 12.0 Å². The van der Waals surface area contributed by atoms with Gasteiger partial charge in [0.25, 0.3) is 0 Å². The summed E-state index contributed by atoms with van der Waals surface area (Å²) in [5.41, 5.74) is -1.45. The Labute approximate surface area is 116 Å². The van der Waals surface area contributed by atoms with E-state index >= 15 is 0 Å². The second kappa shape index (κ2) is 5.47. The van der Waals surface area contributed by atoms with Crippen molar-refractivity contribution in [2.75, 3.05) is 6.54 Å². The molecule has 2 unspecified atom stereocenters. The van der Waals surface area contributed by atoms with Crippen molar-refractivity contribution in [2.45, 2.75) is 31.2 Å². The number of benzene rings is 1. The van der Waals surface area contributed by atoms with Crippen LogP contribution in [0.4, 0.5) is 30.7 Å². The van der Waals surface area contributed by atoms with Crippen LogP contribution in [0.25, 0.3) is 0 Å². The lowest BCUT2D eigenvalue weighted by molar-refractivity contribution is -0.183. The van der Waals surface area contributed by atoms with Gasteiger partial charge in [-0.2, -0.15) is 26.3 Å². The Hall–Kier alpha value is -1.31. The minimum Gasteiger partial charge on any atom is -0.310 e. The first-order valence-electron chi connectivity index (χ1n) is 6.26. The molecule has 1 aliphatic rings. The Kier molecular flexibility index (Phi) is 4.19. The van der Waals surface area contributed by atoms with E-state index in [1.807, 2.05) is 0 Å². The first-order chi connectivity index (χ1) is 9.59. The monoisotopic (exact) mass is 315 g/mol. The summed E-state index contributed by atoms with van der Waals surface area (Å²) in [5.74, 6) is -3.00. The number of alkyl halides is 6. The van der Waals surface area contributed by atoms with Gasteiger partial charge in [0.05, 0.1) is 11.5 Å². The van der Waals surface area contributed by atoms with Crippen LogP contribution in [0.1, 0.15) is 30.0 Å². The molecule has 1 heterocycles. The SMILES string of the molecule is Fc1ccc(C2CC(C(F)(F)F)CCN2)cc1C(F)(F)F. The molecule has 118 valence electrons. The predicted molar refractivity (Wildman–Crippen MR) is 60.9 cm³/mol. The maximum atomic E-state index is 13.2. The van der Waals surface area contributed by atoms with Gasteiger partial charge in [0, 0.05) is 6.04 Å². The first-order valence-corrected chi connectivity index (χ1v) is 6.26. The molecule has 0 bridgehead atoms. The molecule has 1 aromatic carbocycles. The van der Waals surface area contributed by atoms with Gasteiger partial charge in [0.15, 0.2) is 0 Å². The molecule has 1 N–H and O–H groups in total. The number of halogens is 7. The Morgan fingerprint density at radius 2 is 1.71 bits per heavy atom. The van der Waals surface area contributed by atoms with Crippen LogP contribution in [0.5, 0.6) is 0 Å². The van der Waals surface area contributed by atoms with Crippen LogP contribution in [0, 0.1) is 11.7 Å². The minimum absolute atomic E-state index is 0.0117. The van der Waals surface area contributed by atoms with Crippen LogP contribution in [-0.2, 0) is 6.18 Å². The highest BCUT2D eigenvalue weighted by molar-refractivity contribution is 5.29. The summed E-state index contributed by atoms with van der Waals surface area (Å²) in [4.78, 5) is 0. The second-order valence-electron chi connectivity index (χ2n) is 5.01. The Balaban J connectivity index is 2.26. The van der Waals surface area contributed by atoms with Gasteiger partial charge >= 0.3 is 12.4 Å². The summed E-state index contributed by atoms with van der Waals surface area (Å²) in [7, 11) is 0. The molecule has 0 radical (unpaired) electrons. The van der Waals surface area contributed by atoms with Crippen LogP contribution in [0.3, 0.4) is 0 Å². The van der Waals surface area contributed by atoms with Crippen LogP contribution < -0.4 is 5.32 Å². The fraction of sp³-hybridized carbons (Fsp3) is 0.538. The lowest BCUT2D eigenvalue weighted by Crippen LogP contribution is -2.38. The largest absolute Gasteiger partial charge is 0.419 e. The molecule has 1 aromatic rings. The second-order valence-corrected chi connectivity index (χ2v) is 5.01. The maximum absolute atomic E-state index is 13.2. The number of hydrogen-bond acceptors (Lipinski definition) is 1. The normalized spacial score (nSPS) is 24.1. The molecule has 0 spiro atoms. The van der Waals surface area contributed by atoms with Gasteiger partial charge in [0.1, 0.15) is 5.82 Å². The quantitative estimate of drug-likeness (QED) is 0.755. The van der Waals surface area contributed by atoms with Crippen LogP contribution in [0.15, 0.2) is 18.2 Å². The molecule has 0 amide bonds. The van der Waals surface area contributed by atoms with E-state index in [4.69, 9.17) is 0 Å². The van der Waals surface area contributed by atoms with Crippen molar-refractivity contribution in [3.8, 4) is 0 Å². The summed E-state index contributed by atoms with van der Waals surface area (Å²) in [6.45, 7) is 0.0492. The number of hydrogen-bond donors (Lipinski definition) is 1. The van der Waals surface area contributed by atoms with E-state index in [9.17, 15) is 30.7 Å². The zero-order valence-electron chi connectivity index (χ0n) is 10.7. The average Bonchev–Trinajstić information content (AvgIpc) is 2.37. The molecule has 1 nitrogen and oxygen atoms in total. The van der Waals surface area contributed by atoms with Gasteiger partial charge in [-0.15, -0.1) is 0 Å². The van der Waals surface area contributed by atoms with E-state index in [-0.39, 0.29) is 24.9 Å². The van der Waals surface area contributed by atoms with Crippen molar-refractivity contribution in [3.05, 3.63) is 35.1 Å². The molecule has 1 fully saturated rings. The van der Waals surface area contributed by atoms with Crippen molar-refractivity contribution < 1.29 is 30.7 Å². The molecule has 2 atom stereocenters. The third-order valence-electron chi connectivity index (χ3n) is 3.56.